The lowest BCUT2D eigenvalue weighted by Crippen LogP contribution is -2.27. The van der Waals surface area contributed by atoms with Crippen molar-refractivity contribution in [2.75, 3.05) is 13.1 Å². The second kappa shape index (κ2) is 8.12. The van der Waals surface area contributed by atoms with Crippen molar-refractivity contribution in [2.45, 2.75) is 26.3 Å². The molecule has 156 valence electrons. The van der Waals surface area contributed by atoms with Crippen LogP contribution in [0, 0.1) is 6.92 Å². The summed E-state index contributed by atoms with van der Waals surface area (Å²) < 4.78 is 1.65. The molecule has 0 N–H and O–H groups in total. The Kier molecular flexibility index (Phi) is 5.16. The van der Waals surface area contributed by atoms with E-state index in [4.69, 9.17) is 0 Å². The summed E-state index contributed by atoms with van der Waals surface area (Å²) in [5.74, 6) is 0.0895. The molecule has 4 aromatic rings. The van der Waals surface area contributed by atoms with E-state index in [1.165, 1.54) is 0 Å². The van der Waals surface area contributed by atoms with E-state index >= 15 is 0 Å². The van der Waals surface area contributed by atoms with Crippen molar-refractivity contribution in [2.24, 2.45) is 0 Å². The Labute approximate surface area is 184 Å². The number of hydrogen-bond donors (Lipinski definition) is 0. The molecule has 2 aromatic heterocycles. The zero-order chi connectivity index (χ0) is 21.4. The van der Waals surface area contributed by atoms with E-state index in [0.29, 0.717) is 17.5 Å². The minimum absolute atomic E-state index is 0.0295. The SMILES string of the molecule is Cc1c(-c2ccccc2)sc2ncn(Cc3ccc(C(=O)N4CCCC4)cc3)c(=O)c12. The first-order valence-corrected chi connectivity index (χ1v) is 11.4. The van der Waals surface area contributed by atoms with Crippen molar-refractivity contribution in [1.82, 2.24) is 14.5 Å². The number of carbonyl (C=O) groups is 1. The van der Waals surface area contributed by atoms with Gasteiger partial charge in [0.25, 0.3) is 11.5 Å². The maximum Gasteiger partial charge on any atom is 0.262 e. The minimum atomic E-state index is -0.0295. The number of carbonyl (C=O) groups excluding carboxylic acids is 1. The topological polar surface area (TPSA) is 55.2 Å². The van der Waals surface area contributed by atoms with Gasteiger partial charge in [-0.05, 0) is 48.6 Å². The Bertz CT molecular complexity index is 1300. The van der Waals surface area contributed by atoms with Crippen molar-refractivity contribution in [1.29, 1.82) is 0 Å². The highest BCUT2D eigenvalue weighted by molar-refractivity contribution is 7.22. The molecule has 1 saturated heterocycles. The molecule has 0 spiro atoms. The Hall–Kier alpha value is -3.25. The fourth-order valence-corrected chi connectivity index (χ4v) is 5.33. The molecule has 5 nitrogen and oxygen atoms in total. The predicted molar refractivity (Wildman–Crippen MR) is 125 cm³/mol. The van der Waals surface area contributed by atoms with E-state index in [2.05, 4.69) is 17.1 Å². The molecular formula is C25H23N3O2S. The van der Waals surface area contributed by atoms with Gasteiger partial charge in [0.1, 0.15) is 4.83 Å². The Morgan fingerprint density at radius 2 is 1.74 bits per heavy atom. The molecule has 5 rings (SSSR count). The summed E-state index contributed by atoms with van der Waals surface area (Å²) >= 11 is 1.56. The Morgan fingerprint density at radius 3 is 2.45 bits per heavy atom. The fourth-order valence-electron chi connectivity index (χ4n) is 4.19. The van der Waals surface area contributed by atoms with Crippen molar-refractivity contribution >= 4 is 27.5 Å². The highest BCUT2D eigenvalue weighted by Crippen LogP contribution is 2.35. The zero-order valence-electron chi connectivity index (χ0n) is 17.4. The standard InChI is InChI=1S/C25H23N3O2S/c1-17-21-23(31-22(17)19-7-3-2-4-8-19)26-16-28(25(21)30)15-18-9-11-20(12-10-18)24(29)27-13-5-6-14-27/h2-4,7-12,16H,5-6,13-15H2,1H3. The van der Waals surface area contributed by atoms with Crippen LogP contribution in [0.2, 0.25) is 0 Å². The van der Waals surface area contributed by atoms with Crippen molar-refractivity contribution < 1.29 is 4.79 Å². The van der Waals surface area contributed by atoms with Gasteiger partial charge in [-0.1, -0.05) is 42.5 Å². The lowest BCUT2D eigenvalue weighted by atomic mass is 10.1. The number of hydrogen-bond acceptors (Lipinski definition) is 4. The average Bonchev–Trinajstić information content (AvgIpc) is 3.45. The molecule has 1 aliphatic heterocycles. The Balaban J connectivity index is 1.43. The number of nitrogens with zero attached hydrogens (tertiary/aromatic N) is 3. The second-order valence-corrected chi connectivity index (χ2v) is 8.98. The maximum atomic E-state index is 13.2. The molecular weight excluding hydrogens is 406 g/mol. The van der Waals surface area contributed by atoms with Gasteiger partial charge >= 0.3 is 0 Å². The summed E-state index contributed by atoms with van der Waals surface area (Å²) in [5, 5.41) is 0.687. The predicted octanol–water partition coefficient (Wildman–Crippen LogP) is 4.72. The maximum absolute atomic E-state index is 13.2. The normalized spacial score (nSPS) is 13.8. The molecule has 31 heavy (non-hydrogen) atoms. The molecule has 1 fully saturated rings. The molecule has 0 aliphatic carbocycles. The van der Waals surface area contributed by atoms with Gasteiger partial charge in [-0.3, -0.25) is 14.2 Å². The van der Waals surface area contributed by atoms with Crippen LogP contribution >= 0.6 is 11.3 Å². The summed E-state index contributed by atoms with van der Waals surface area (Å²) in [6, 6.07) is 17.7. The van der Waals surface area contributed by atoms with Gasteiger partial charge in [-0.15, -0.1) is 11.3 Å². The highest BCUT2D eigenvalue weighted by Gasteiger charge is 2.19. The van der Waals surface area contributed by atoms with Gasteiger partial charge in [0, 0.05) is 23.5 Å². The van der Waals surface area contributed by atoms with Gasteiger partial charge in [0.15, 0.2) is 0 Å². The van der Waals surface area contributed by atoms with Crippen LogP contribution in [0.4, 0.5) is 0 Å². The van der Waals surface area contributed by atoms with E-state index in [1.807, 2.05) is 54.3 Å². The monoisotopic (exact) mass is 429 g/mol. The third-order valence-electron chi connectivity index (χ3n) is 5.90. The number of amides is 1. The van der Waals surface area contributed by atoms with E-state index in [0.717, 1.165) is 52.3 Å². The highest BCUT2D eigenvalue weighted by atomic mass is 32.1. The lowest BCUT2D eigenvalue weighted by molar-refractivity contribution is 0.0793. The first-order chi connectivity index (χ1) is 15.1. The van der Waals surface area contributed by atoms with Crippen LogP contribution in [0.25, 0.3) is 20.7 Å². The second-order valence-electron chi connectivity index (χ2n) is 7.98. The van der Waals surface area contributed by atoms with Gasteiger partial charge in [0.2, 0.25) is 0 Å². The van der Waals surface area contributed by atoms with Crippen LogP contribution in [-0.2, 0) is 6.54 Å². The van der Waals surface area contributed by atoms with E-state index in [1.54, 1.807) is 22.2 Å². The quantitative estimate of drug-likeness (QED) is 0.472. The molecule has 1 aliphatic rings. The fraction of sp³-hybridized carbons (Fsp3) is 0.240. The largest absolute Gasteiger partial charge is 0.339 e. The van der Waals surface area contributed by atoms with Crippen LogP contribution < -0.4 is 5.56 Å². The molecule has 0 bridgehead atoms. The van der Waals surface area contributed by atoms with Crippen LogP contribution in [0.1, 0.15) is 34.3 Å². The molecule has 2 aromatic carbocycles. The Morgan fingerprint density at radius 1 is 1.03 bits per heavy atom. The van der Waals surface area contributed by atoms with Crippen molar-refractivity contribution in [3.8, 4) is 10.4 Å². The number of aromatic nitrogens is 2. The lowest BCUT2D eigenvalue weighted by Gasteiger charge is -2.15. The number of rotatable bonds is 4. The van der Waals surface area contributed by atoms with Crippen LogP contribution in [-0.4, -0.2) is 33.4 Å². The number of aryl methyl sites for hydroxylation is 1. The third-order valence-corrected chi connectivity index (χ3v) is 7.15. The summed E-state index contributed by atoms with van der Waals surface area (Å²) in [6.07, 6.45) is 3.78. The van der Waals surface area contributed by atoms with Crippen LogP contribution in [0.15, 0.2) is 65.7 Å². The van der Waals surface area contributed by atoms with Gasteiger partial charge in [0.05, 0.1) is 18.3 Å². The van der Waals surface area contributed by atoms with Gasteiger partial charge in [-0.25, -0.2) is 4.98 Å². The van der Waals surface area contributed by atoms with Crippen LogP contribution in [0.5, 0.6) is 0 Å². The summed E-state index contributed by atoms with van der Waals surface area (Å²) in [7, 11) is 0. The molecule has 0 unspecified atom stereocenters. The zero-order valence-corrected chi connectivity index (χ0v) is 18.2. The number of thiophene rings is 1. The van der Waals surface area contributed by atoms with Gasteiger partial charge < -0.3 is 4.90 Å². The molecule has 1 amide bonds. The molecule has 0 saturated carbocycles. The minimum Gasteiger partial charge on any atom is -0.339 e. The molecule has 0 atom stereocenters. The van der Waals surface area contributed by atoms with Gasteiger partial charge in [-0.2, -0.15) is 0 Å². The number of benzene rings is 2. The van der Waals surface area contributed by atoms with Crippen molar-refractivity contribution in [3.05, 3.63) is 88.0 Å². The summed E-state index contributed by atoms with van der Waals surface area (Å²) in [4.78, 5) is 34.1. The summed E-state index contributed by atoms with van der Waals surface area (Å²) in [5.41, 5.74) is 3.72. The van der Waals surface area contributed by atoms with E-state index in [-0.39, 0.29) is 11.5 Å². The smallest absolute Gasteiger partial charge is 0.262 e. The molecule has 0 radical (unpaired) electrons. The molecule has 3 heterocycles. The third kappa shape index (κ3) is 3.68. The number of fused-ring (bicyclic) bond motifs is 1. The average molecular weight is 430 g/mol. The first-order valence-electron chi connectivity index (χ1n) is 10.5. The first kappa shape index (κ1) is 19.7. The van der Waals surface area contributed by atoms with E-state index < -0.39 is 0 Å². The molecule has 6 heteroatoms. The number of likely N-dealkylation sites (tertiary alicyclic amines) is 1. The summed E-state index contributed by atoms with van der Waals surface area (Å²) in [6.45, 7) is 4.10. The van der Waals surface area contributed by atoms with Crippen LogP contribution in [0.3, 0.4) is 0 Å². The van der Waals surface area contributed by atoms with E-state index in [9.17, 15) is 9.59 Å². The van der Waals surface area contributed by atoms with Crippen molar-refractivity contribution in [3.63, 3.8) is 0 Å².